The van der Waals surface area contributed by atoms with Crippen LogP contribution in [0, 0.1) is 6.92 Å². The number of aromatic nitrogens is 1. The van der Waals surface area contributed by atoms with Crippen molar-refractivity contribution in [2.45, 2.75) is 31.8 Å². The van der Waals surface area contributed by atoms with Crippen LogP contribution in [0.4, 0.5) is 0 Å². The van der Waals surface area contributed by atoms with E-state index in [1.165, 1.54) is 10.9 Å². The number of nitrogens with zero attached hydrogens (tertiary/aromatic N) is 1. The number of piperidine rings is 1. The maximum atomic E-state index is 10.4. The lowest BCUT2D eigenvalue weighted by molar-refractivity contribution is 0.0595. The zero-order valence-corrected chi connectivity index (χ0v) is 17.2. The van der Waals surface area contributed by atoms with Crippen molar-refractivity contribution in [3.05, 3.63) is 59.8 Å². The maximum Gasteiger partial charge on any atom is 0.119 e. The molecular weight excluding hydrogens is 364 g/mol. The molecule has 0 spiro atoms. The van der Waals surface area contributed by atoms with E-state index in [1.807, 2.05) is 37.3 Å². The van der Waals surface area contributed by atoms with E-state index in [9.17, 15) is 5.11 Å². The third kappa shape index (κ3) is 4.74. The van der Waals surface area contributed by atoms with Gasteiger partial charge in [-0.1, -0.05) is 12.1 Å². The molecule has 5 heteroatoms. The summed E-state index contributed by atoms with van der Waals surface area (Å²) in [6.45, 7) is 4.99. The van der Waals surface area contributed by atoms with Gasteiger partial charge >= 0.3 is 0 Å². The average molecular weight is 395 g/mol. The largest absolute Gasteiger partial charge is 0.497 e. The van der Waals surface area contributed by atoms with E-state index >= 15 is 0 Å². The van der Waals surface area contributed by atoms with Gasteiger partial charge in [0.2, 0.25) is 0 Å². The Bertz CT molecular complexity index is 944. The van der Waals surface area contributed by atoms with Crippen molar-refractivity contribution in [2.75, 3.05) is 33.4 Å². The van der Waals surface area contributed by atoms with Crippen LogP contribution in [-0.2, 0) is 0 Å². The lowest BCUT2D eigenvalue weighted by Crippen LogP contribution is -2.40. The molecule has 2 heterocycles. The number of ether oxygens (including phenoxy) is 2. The topological polar surface area (TPSA) is 57.7 Å². The monoisotopic (exact) mass is 394 g/mol. The smallest absolute Gasteiger partial charge is 0.119 e. The first-order chi connectivity index (χ1) is 14.1. The second kappa shape index (κ2) is 8.89. The van der Waals surface area contributed by atoms with Crippen molar-refractivity contribution in [3.63, 3.8) is 0 Å². The SMILES string of the molecule is COc1ccc2[nH]cc(C3CCN(CC(O)COc4cccc(C)c4)CC3)c2c1. The van der Waals surface area contributed by atoms with Gasteiger partial charge in [0.25, 0.3) is 0 Å². The van der Waals surface area contributed by atoms with Gasteiger partial charge in [-0.25, -0.2) is 0 Å². The summed E-state index contributed by atoms with van der Waals surface area (Å²) in [5.41, 5.74) is 3.70. The number of β-amino-alcohol motifs (C(OH)–C–C–N with tert-alkyl or cyclic N) is 1. The molecular formula is C24H30N2O3. The molecule has 3 aromatic rings. The summed E-state index contributed by atoms with van der Waals surface area (Å²) in [6, 6.07) is 14.1. The fourth-order valence-corrected chi connectivity index (χ4v) is 4.26. The van der Waals surface area contributed by atoms with Crippen molar-refractivity contribution in [3.8, 4) is 11.5 Å². The van der Waals surface area contributed by atoms with Gasteiger partial charge in [-0.3, -0.25) is 0 Å². The first-order valence-corrected chi connectivity index (χ1v) is 10.4. The second-order valence-corrected chi connectivity index (χ2v) is 8.01. The van der Waals surface area contributed by atoms with Crippen LogP contribution in [0.5, 0.6) is 11.5 Å². The number of hydrogen-bond donors (Lipinski definition) is 2. The van der Waals surface area contributed by atoms with Gasteiger partial charge < -0.3 is 24.5 Å². The molecule has 0 radical (unpaired) electrons. The quantitative estimate of drug-likeness (QED) is 0.633. The van der Waals surface area contributed by atoms with Crippen molar-refractivity contribution in [1.82, 2.24) is 9.88 Å². The molecule has 4 rings (SSSR count). The highest BCUT2D eigenvalue weighted by Gasteiger charge is 2.24. The van der Waals surface area contributed by atoms with E-state index in [1.54, 1.807) is 7.11 Å². The van der Waals surface area contributed by atoms with Crippen LogP contribution in [0.1, 0.15) is 29.9 Å². The Hall–Kier alpha value is -2.50. The number of methoxy groups -OCH3 is 1. The van der Waals surface area contributed by atoms with E-state index in [0.717, 1.165) is 48.5 Å². The zero-order valence-electron chi connectivity index (χ0n) is 17.2. The number of fused-ring (bicyclic) bond motifs is 1. The second-order valence-electron chi connectivity index (χ2n) is 8.01. The number of aromatic amines is 1. The normalized spacial score (nSPS) is 16.8. The average Bonchev–Trinajstić information content (AvgIpc) is 3.16. The van der Waals surface area contributed by atoms with Gasteiger partial charge in [-0.2, -0.15) is 0 Å². The van der Waals surface area contributed by atoms with Crippen LogP contribution in [0.2, 0.25) is 0 Å². The highest BCUT2D eigenvalue weighted by Crippen LogP contribution is 2.34. The zero-order chi connectivity index (χ0) is 20.2. The van der Waals surface area contributed by atoms with Gasteiger partial charge in [0, 0.05) is 23.6 Å². The van der Waals surface area contributed by atoms with Gasteiger partial charge in [0.05, 0.1) is 7.11 Å². The molecule has 1 fully saturated rings. The van der Waals surface area contributed by atoms with Crippen LogP contribution in [-0.4, -0.2) is 54.4 Å². The first-order valence-electron chi connectivity index (χ1n) is 10.4. The van der Waals surface area contributed by atoms with Gasteiger partial charge in [0.1, 0.15) is 24.2 Å². The molecule has 2 N–H and O–H groups in total. The number of rotatable bonds is 7. The minimum atomic E-state index is -0.482. The molecule has 5 nitrogen and oxygen atoms in total. The van der Waals surface area contributed by atoms with Gasteiger partial charge in [-0.05, 0) is 80.2 Å². The molecule has 1 saturated heterocycles. The number of hydrogen-bond acceptors (Lipinski definition) is 4. The number of benzene rings is 2. The molecule has 1 aromatic heterocycles. The van der Waals surface area contributed by atoms with E-state index in [4.69, 9.17) is 9.47 Å². The highest BCUT2D eigenvalue weighted by molar-refractivity contribution is 5.85. The van der Waals surface area contributed by atoms with Crippen molar-refractivity contribution in [2.24, 2.45) is 0 Å². The van der Waals surface area contributed by atoms with Crippen LogP contribution in [0.3, 0.4) is 0 Å². The van der Waals surface area contributed by atoms with E-state index in [2.05, 4.69) is 28.2 Å². The number of aliphatic hydroxyl groups is 1. The predicted molar refractivity (Wildman–Crippen MR) is 116 cm³/mol. The fraction of sp³-hybridized carbons (Fsp3) is 0.417. The summed E-state index contributed by atoms with van der Waals surface area (Å²) >= 11 is 0. The summed E-state index contributed by atoms with van der Waals surface area (Å²) in [7, 11) is 1.71. The number of H-pyrrole nitrogens is 1. The van der Waals surface area contributed by atoms with Gasteiger partial charge in [-0.15, -0.1) is 0 Å². The van der Waals surface area contributed by atoms with Gasteiger partial charge in [0.15, 0.2) is 0 Å². The maximum absolute atomic E-state index is 10.4. The molecule has 1 atom stereocenters. The number of nitrogens with one attached hydrogen (secondary N) is 1. The molecule has 1 aliphatic heterocycles. The highest BCUT2D eigenvalue weighted by atomic mass is 16.5. The van der Waals surface area contributed by atoms with Crippen LogP contribution < -0.4 is 9.47 Å². The lowest BCUT2D eigenvalue weighted by Gasteiger charge is -2.33. The predicted octanol–water partition coefficient (Wildman–Crippen LogP) is 4.10. The van der Waals surface area contributed by atoms with Crippen LogP contribution in [0.25, 0.3) is 10.9 Å². The Kier molecular flexibility index (Phi) is 6.07. The van der Waals surface area contributed by atoms with Crippen LogP contribution in [0.15, 0.2) is 48.7 Å². The standard InChI is InChI=1S/C24H30N2O3/c1-17-4-3-5-21(12-17)29-16-19(27)15-26-10-8-18(9-11-26)23-14-25-24-7-6-20(28-2)13-22(23)24/h3-7,12-14,18-19,25,27H,8-11,15-16H2,1-2H3. The number of likely N-dealkylation sites (tertiary alicyclic amines) is 1. The Balaban J connectivity index is 1.29. The third-order valence-electron chi connectivity index (χ3n) is 5.85. The molecule has 0 amide bonds. The summed E-state index contributed by atoms with van der Waals surface area (Å²) in [5, 5.41) is 11.7. The molecule has 29 heavy (non-hydrogen) atoms. The van der Waals surface area contributed by atoms with Crippen LogP contribution >= 0.6 is 0 Å². The van der Waals surface area contributed by atoms with Crippen molar-refractivity contribution >= 4 is 10.9 Å². The Morgan fingerprint density at radius 3 is 2.72 bits per heavy atom. The lowest BCUT2D eigenvalue weighted by atomic mass is 9.89. The first kappa shape index (κ1) is 19.8. The molecule has 1 unspecified atom stereocenters. The molecule has 1 aliphatic rings. The minimum absolute atomic E-state index is 0.325. The summed E-state index contributed by atoms with van der Waals surface area (Å²) in [4.78, 5) is 5.73. The van der Waals surface area contributed by atoms with Crippen molar-refractivity contribution in [1.29, 1.82) is 0 Å². The molecule has 0 saturated carbocycles. The van der Waals surface area contributed by atoms with Crippen molar-refractivity contribution < 1.29 is 14.6 Å². The van der Waals surface area contributed by atoms with E-state index in [-0.39, 0.29) is 0 Å². The number of aryl methyl sites for hydroxylation is 1. The molecule has 0 aliphatic carbocycles. The molecule has 154 valence electrons. The molecule has 2 aromatic carbocycles. The Morgan fingerprint density at radius 2 is 1.97 bits per heavy atom. The van der Waals surface area contributed by atoms with E-state index < -0.39 is 6.10 Å². The summed E-state index contributed by atoms with van der Waals surface area (Å²) in [6.07, 6.45) is 3.85. The number of aliphatic hydroxyl groups excluding tert-OH is 1. The Labute approximate surface area is 172 Å². The third-order valence-corrected chi connectivity index (χ3v) is 5.85. The minimum Gasteiger partial charge on any atom is -0.497 e. The summed E-state index contributed by atoms with van der Waals surface area (Å²) < 4.78 is 11.1. The Morgan fingerprint density at radius 1 is 1.14 bits per heavy atom. The molecule has 0 bridgehead atoms. The summed E-state index contributed by atoms with van der Waals surface area (Å²) in [5.74, 6) is 2.25. The fourth-order valence-electron chi connectivity index (χ4n) is 4.26. The van der Waals surface area contributed by atoms with E-state index in [0.29, 0.717) is 19.1 Å².